The van der Waals surface area contributed by atoms with E-state index in [-0.39, 0.29) is 16.2 Å². The number of rotatable bonds is 6. The molecule has 0 N–H and O–H groups in total. The Kier molecular flexibility index (Phi) is 6.22. The molecule has 2 atom stereocenters. The van der Waals surface area contributed by atoms with Crippen molar-refractivity contribution in [2.75, 3.05) is 0 Å². The van der Waals surface area contributed by atoms with Gasteiger partial charge in [-0.1, -0.05) is 0 Å². The van der Waals surface area contributed by atoms with Crippen LogP contribution in [0.1, 0.15) is 17.9 Å². The molecule has 0 nitrogen and oxygen atoms in total. The monoisotopic (exact) mass is 516 g/mol. The molecule has 1 aliphatic rings. The van der Waals surface area contributed by atoms with E-state index in [9.17, 15) is 0 Å². The first kappa shape index (κ1) is 22.7. The summed E-state index contributed by atoms with van der Waals surface area (Å²) < 4.78 is 47.5. The summed E-state index contributed by atoms with van der Waals surface area (Å²) in [6.07, 6.45) is -2.10. The molecule has 4 aromatic carbocycles. The van der Waals surface area contributed by atoms with Gasteiger partial charge in [-0.3, -0.25) is 0 Å². The van der Waals surface area contributed by atoms with E-state index in [0.29, 0.717) is 0 Å². The van der Waals surface area contributed by atoms with Crippen LogP contribution in [0, 0.1) is 5.92 Å². The third-order valence-electron chi connectivity index (χ3n) is 6.78. The molecule has 0 aliphatic heterocycles. The average Bonchev–Trinajstić information content (AvgIpc) is 3.65. The molecule has 0 amide bonds. The van der Waals surface area contributed by atoms with E-state index < -0.39 is 19.4 Å². The molecule has 0 radical (unpaired) electrons. The number of alkyl halides is 3. The van der Waals surface area contributed by atoms with Crippen LogP contribution in [0.15, 0.2) is 132 Å². The van der Waals surface area contributed by atoms with Gasteiger partial charge in [0.25, 0.3) is 0 Å². The van der Waals surface area contributed by atoms with Crippen molar-refractivity contribution in [3.63, 3.8) is 0 Å². The number of allylic oxidation sites excluding steroid dienone is 2. The summed E-state index contributed by atoms with van der Waals surface area (Å²) in [7, 11) is 0. The third kappa shape index (κ3) is 4.25. The van der Waals surface area contributed by atoms with Crippen molar-refractivity contribution in [2.45, 2.75) is 18.5 Å². The Labute approximate surface area is 201 Å². The zero-order chi connectivity index (χ0) is 23.6. The predicted octanol–water partition coefficient (Wildman–Crippen LogP) is 5.99. The SMILES string of the molecule is FC(F)(F)/[C](=C\[C@@H]1C[C@H]1c1ccccc1)[Ge]([c]1ccccc1)([c]1ccccc1)[c]1ccccc1. The van der Waals surface area contributed by atoms with Gasteiger partial charge >= 0.3 is 201 Å². The van der Waals surface area contributed by atoms with Gasteiger partial charge in [0, 0.05) is 0 Å². The Morgan fingerprint density at radius 3 is 1.38 bits per heavy atom. The standard InChI is InChI=1S/C30H25F3Ge/c31-30(32,33)29(22-24-21-28(24)23-13-5-1-6-14-23)34(25-15-7-2-8-16-25,26-17-9-3-10-18-26)27-19-11-4-12-20-27/h1-20,22,24,28H,21H2/b29-22+/t24-,28-/m0/s1. The molecule has 34 heavy (non-hydrogen) atoms. The van der Waals surface area contributed by atoms with Crippen molar-refractivity contribution in [3.8, 4) is 0 Å². The molecule has 0 aromatic heterocycles. The van der Waals surface area contributed by atoms with E-state index in [2.05, 4.69) is 0 Å². The van der Waals surface area contributed by atoms with Gasteiger partial charge < -0.3 is 0 Å². The van der Waals surface area contributed by atoms with Crippen molar-refractivity contribution >= 4 is 26.5 Å². The Bertz CT molecular complexity index is 1150. The molecule has 1 aliphatic carbocycles. The Morgan fingerprint density at radius 1 is 0.618 bits per heavy atom. The Morgan fingerprint density at radius 2 is 1.00 bits per heavy atom. The maximum atomic E-state index is 15.2. The first-order chi connectivity index (χ1) is 16.5. The summed E-state index contributed by atoms with van der Waals surface area (Å²) in [5.74, 6) is 0.0288. The summed E-state index contributed by atoms with van der Waals surface area (Å²) in [5.41, 5.74) is 1.11. The van der Waals surface area contributed by atoms with Crippen LogP contribution in [0.25, 0.3) is 0 Å². The van der Waals surface area contributed by atoms with Crippen LogP contribution in [0.2, 0.25) is 0 Å². The van der Waals surface area contributed by atoms with Gasteiger partial charge in [0.15, 0.2) is 0 Å². The summed E-state index contributed by atoms with van der Waals surface area (Å²) in [6, 6.07) is 38.0. The molecular weight excluding hydrogens is 490 g/mol. The molecule has 4 heteroatoms. The van der Waals surface area contributed by atoms with E-state index in [0.717, 1.165) is 25.2 Å². The summed E-state index contributed by atoms with van der Waals surface area (Å²) in [5, 5.41) is 0. The second-order valence-corrected chi connectivity index (χ2v) is 16.8. The normalized spacial score (nSPS) is 18.5. The van der Waals surface area contributed by atoms with Gasteiger partial charge in [-0.15, -0.1) is 0 Å². The van der Waals surface area contributed by atoms with Crippen LogP contribution in [0.3, 0.4) is 0 Å². The Hall–Kier alpha value is -3.05. The molecule has 0 heterocycles. The summed E-state index contributed by atoms with van der Waals surface area (Å²) in [6.45, 7) is 0. The summed E-state index contributed by atoms with van der Waals surface area (Å²) >= 11 is -4.35. The van der Waals surface area contributed by atoms with Crippen molar-refractivity contribution in [1.29, 1.82) is 0 Å². The van der Waals surface area contributed by atoms with Crippen molar-refractivity contribution in [1.82, 2.24) is 0 Å². The molecule has 170 valence electrons. The second-order valence-electron chi connectivity index (χ2n) is 8.84. The van der Waals surface area contributed by atoms with E-state index in [1.165, 1.54) is 0 Å². The van der Waals surface area contributed by atoms with Gasteiger partial charge in [0.05, 0.1) is 0 Å². The molecule has 0 bridgehead atoms. The van der Waals surface area contributed by atoms with Crippen molar-refractivity contribution in [3.05, 3.63) is 137 Å². The van der Waals surface area contributed by atoms with E-state index in [1.807, 2.05) is 121 Å². The van der Waals surface area contributed by atoms with E-state index in [1.54, 1.807) is 6.08 Å². The molecule has 0 spiro atoms. The molecular formula is C30H25F3Ge. The topological polar surface area (TPSA) is 0 Å². The van der Waals surface area contributed by atoms with Gasteiger partial charge in [-0.2, -0.15) is 0 Å². The number of hydrogen-bond donors (Lipinski definition) is 0. The van der Waals surface area contributed by atoms with Crippen LogP contribution < -0.4 is 13.2 Å². The van der Waals surface area contributed by atoms with Crippen LogP contribution in [-0.2, 0) is 0 Å². The van der Waals surface area contributed by atoms with Gasteiger partial charge in [0.1, 0.15) is 0 Å². The molecule has 4 aromatic rings. The first-order valence-electron chi connectivity index (χ1n) is 11.5. The second kappa shape index (κ2) is 9.30. The summed E-state index contributed by atoms with van der Waals surface area (Å²) in [4.78, 5) is 0. The zero-order valence-electron chi connectivity index (χ0n) is 18.6. The zero-order valence-corrected chi connectivity index (χ0v) is 20.7. The number of hydrogen-bond acceptors (Lipinski definition) is 0. The number of benzene rings is 4. The first-order valence-corrected chi connectivity index (χ1v) is 15.7. The van der Waals surface area contributed by atoms with Gasteiger partial charge in [0.2, 0.25) is 0 Å². The third-order valence-corrected chi connectivity index (χ3v) is 17.0. The minimum atomic E-state index is -4.44. The fraction of sp³-hybridized carbons (Fsp3) is 0.133. The fourth-order valence-corrected chi connectivity index (χ4v) is 15.4. The van der Waals surface area contributed by atoms with Crippen molar-refractivity contribution in [2.24, 2.45) is 5.92 Å². The fourth-order valence-electron chi connectivity index (χ4n) is 5.16. The molecule has 1 saturated carbocycles. The molecule has 0 saturated heterocycles. The van der Waals surface area contributed by atoms with E-state index >= 15 is 13.2 Å². The quantitative estimate of drug-likeness (QED) is 0.277. The average molecular weight is 515 g/mol. The van der Waals surface area contributed by atoms with Crippen LogP contribution in [0.4, 0.5) is 13.2 Å². The minimum absolute atomic E-state index is 0.111. The van der Waals surface area contributed by atoms with Crippen molar-refractivity contribution < 1.29 is 13.2 Å². The van der Waals surface area contributed by atoms with E-state index in [4.69, 9.17) is 0 Å². The van der Waals surface area contributed by atoms with Gasteiger partial charge in [-0.05, 0) is 0 Å². The number of halogens is 3. The van der Waals surface area contributed by atoms with Gasteiger partial charge in [-0.25, -0.2) is 0 Å². The van der Waals surface area contributed by atoms with Crippen LogP contribution in [-0.4, -0.2) is 19.4 Å². The van der Waals surface area contributed by atoms with Crippen LogP contribution >= 0.6 is 0 Å². The van der Waals surface area contributed by atoms with Crippen LogP contribution in [0.5, 0.6) is 0 Å². The molecule has 0 unspecified atom stereocenters. The predicted molar refractivity (Wildman–Crippen MR) is 135 cm³/mol. The Balaban J connectivity index is 1.77. The maximum absolute atomic E-state index is 15.2. The molecule has 5 rings (SSSR count). The molecule has 1 fully saturated rings.